The summed E-state index contributed by atoms with van der Waals surface area (Å²) in [4.78, 5) is 14.8. The van der Waals surface area contributed by atoms with Crippen LogP contribution in [0.25, 0.3) is 10.9 Å². The number of H-pyrrole nitrogens is 1. The summed E-state index contributed by atoms with van der Waals surface area (Å²) in [5.74, 6) is 1.14. The van der Waals surface area contributed by atoms with E-state index in [9.17, 15) is 13.2 Å². The van der Waals surface area contributed by atoms with Crippen molar-refractivity contribution in [3.05, 3.63) is 30.0 Å². The molecule has 2 aliphatic rings. The van der Waals surface area contributed by atoms with Crippen LogP contribution in [0.5, 0.6) is 0 Å². The van der Waals surface area contributed by atoms with Crippen molar-refractivity contribution in [1.29, 1.82) is 0 Å². The minimum Gasteiger partial charge on any atom is -0.341 e. The number of piperidine rings is 2. The highest BCUT2D eigenvalue weighted by molar-refractivity contribution is 7.88. The van der Waals surface area contributed by atoms with Gasteiger partial charge >= 0.3 is 0 Å². The molecule has 1 atom stereocenters. The van der Waals surface area contributed by atoms with Crippen LogP contribution in [0.15, 0.2) is 24.4 Å². The molecular weight excluding hydrogens is 402 g/mol. The molecule has 1 aromatic heterocycles. The van der Waals surface area contributed by atoms with Gasteiger partial charge in [0.2, 0.25) is 15.9 Å². The van der Waals surface area contributed by atoms with Gasteiger partial charge in [0, 0.05) is 31.6 Å². The first kappa shape index (κ1) is 21.3. The summed E-state index contributed by atoms with van der Waals surface area (Å²) in [7, 11) is -3.08. The van der Waals surface area contributed by atoms with Gasteiger partial charge in [0.25, 0.3) is 0 Å². The van der Waals surface area contributed by atoms with Crippen LogP contribution in [-0.2, 0) is 21.2 Å². The molecule has 0 bridgehead atoms. The third-order valence-corrected chi connectivity index (χ3v) is 8.07. The van der Waals surface area contributed by atoms with Crippen molar-refractivity contribution in [2.24, 2.45) is 17.6 Å². The fourth-order valence-electron chi connectivity index (χ4n) is 4.96. The summed E-state index contributed by atoms with van der Waals surface area (Å²) in [6, 6.07) is 5.45. The van der Waals surface area contributed by atoms with E-state index in [2.05, 4.69) is 10.2 Å². The Morgan fingerprint density at radius 2 is 1.80 bits per heavy atom. The molecule has 1 amide bonds. The first-order chi connectivity index (χ1) is 14.3. The number of rotatable bonds is 5. The standard InChI is InChI=1S/C21H31N5O3S/c1-30(28,29)26-10-6-17(7-11-26)16-4-8-25(9-5-16)21(27)19(22)13-15-2-3-20-18(12-15)14-23-24-20/h2-3,12,14,16-17,19H,4-11,13,22H2,1H3,(H,23,24). The lowest BCUT2D eigenvalue weighted by atomic mass is 9.79. The van der Waals surface area contributed by atoms with Gasteiger partial charge < -0.3 is 10.6 Å². The number of sulfonamides is 1. The van der Waals surface area contributed by atoms with Gasteiger partial charge in [0.05, 0.1) is 24.0 Å². The molecule has 0 spiro atoms. The molecule has 9 heteroatoms. The summed E-state index contributed by atoms with van der Waals surface area (Å²) in [5, 5.41) is 7.98. The molecule has 2 saturated heterocycles. The number of benzene rings is 1. The minimum absolute atomic E-state index is 0.0210. The van der Waals surface area contributed by atoms with Crippen LogP contribution in [0.3, 0.4) is 0 Å². The Labute approximate surface area is 177 Å². The van der Waals surface area contributed by atoms with E-state index in [1.54, 1.807) is 10.5 Å². The fraction of sp³-hybridized carbons (Fsp3) is 0.619. The van der Waals surface area contributed by atoms with E-state index >= 15 is 0 Å². The van der Waals surface area contributed by atoms with Gasteiger partial charge in [-0.25, -0.2) is 12.7 Å². The van der Waals surface area contributed by atoms with Gasteiger partial charge in [0.1, 0.15) is 0 Å². The number of likely N-dealkylation sites (tertiary alicyclic amines) is 1. The number of fused-ring (bicyclic) bond motifs is 1. The molecule has 1 aromatic carbocycles. The average molecular weight is 434 g/mol. The lowest BCUT2D eigenvalue weighted by Gasteiger charge is -2.40. The summed E-state index contributed by atoms with van der Waals surface area (Å²) in [6.07, 6.45) is 7.37. The van der Waals surface area contributed by atoms with Crippen molar-refractivity contribution in [3.8, 4) is 0 Å². The molecule has 8 nitrogen and oxygen atoms in total. The maximum Gasteiger partial charge on any atom is 0.239 e. The zero-order chi connectivity index (χ0) is 21.3. The quantitative estimate of drug-likeness (QED) is 0.739. The lowest BCUT2D eigenvalue weighted by molar-refractivity contribution is -0.134. The van der Waals surface area contributed by atoms with Crippen molar-refractivity contribution in [3.63, 3.8) is 0 Å². The Morgan fingerprint density at radius 3 is 2.43 bits per heavy atom. The van der Waals surface area contributed by atoms with Crippen molar-refractivity contribution in [2.75, 3.05) is 32.4 Å². The molecular formula is C21H31N5O3S. The normalized spacial score (nSPS) is 21.2. The molecule has 2 fully saturated rings. The largest absolute Gasteiger partial charge is 0.341 e. The second-order valence-corrected chi connectivity index (χ2v) is 10.7. The zero-order valence-corrected chi connectivity index (χ0v) is 18.3. The number of amides is 1. The predicted molar refractivity (Wildman–Crippen MR) is 116 cm³/mol. The number of carbonyl (C=O) groups excluding carboxylic acids is 1. The lowest BCUT2D eigenvalue weighted by Crippen LogP contribution is -2.49. The second kappa shape index (κ2) is 8.64. The summed E-state index contributed by atoms with van der Waals surface area (Å²) >= 11 is 0. The number of hydrogen-bond acceptors (Lipinski definition) is 5. The summed E-state index contributed by atoms with van der Waals surface area (Å²) < 4.78 is 25.0. The molecule has 3 heterocycles. The SMILES string of the molecule is CS(=O)(=O)N1CCC(C2CCN(C(=O)C(N)Cc3ccc4[nH]ncc4c3)CC2)CC1. The van der Waals surface area contributed by atoms with Crippen LogP contribution >= 0.6 is 0 Å². The van der Waals surface area contributed by atoms with Gasteiger partial charge in [-0.3, -0.25) is 9.89 Å². The summed E-state index contributed by atoms with van der Waals surface area (Å²) in [6.45, 7) is 2.72. The van der Waals surface area contributed by atoms with Crippen molar-refractivity contribution in [1.82, 2.24) is 19.4 Å². The molecule has 30 heavy (non-hydrogen) atoms. The second-order valence-electron chi connectivity index (χ2n) is 8.76. The van der Waals surface area contributed by atoms with E-state index in [-0.39, 0.29) is 5.91 Å². The maximum atomic E-state index is 12.9. The van der Waals surface area contributed by atoms with Crippen LogP contribution in [0.4, 0.5) is 0 Å². The van der Waals surface area contributed by atoms with Gasteiger partial charge in [-0.15, -0.1) is 0 Å². The topological polar surface area (TPSA) is 112 Å². The zero-order valence-electron chi connectivity index (χ0n) is 17.5. The van der Waals surface area contributed by atoms with Gasteiger partial charge in [-0.05, 0) is 61.6 Å². The van der Waals surface area contributed by atoms with E-state index in [0.29, 0.717) is 31.3 Å². The van der Waals surface area contributed by atoms with E-state index in [1.807, 2.05) is 23.1 Å². The first-order valence-electron chi connectivity index (χ1n) is 10.7. The van der Waals surface area contributed by atoms with Gasteiger partial charge in [-0.2, -0.15) is 5.10 Å². The molecule has 0 radical (unpaired) electrons. The van der Waals surface area contributed by atoms with Crippen LogP contribution < -0.4 is 5.73 Å². The molecule has 1 unspecified atom stereocenters. The molecule has 164 valence electrons. The van der Waals surface area contributed by atoms with Crippen LogP contribution in [0.1, 0.15) is 31.2 Å². The van der Waals surface area contributed by atoms with E-state index < -0.39 is 16.1 Å². The molecule has 0 saturated carbocycles. The van der Waals surface area contributed by atoms with Crippen molar-refractivity contribution >= 4 is 26.8 Å². The van der Waals surface area contributed by atoms with Crippen LogP contribution in [-0.4, -0.2) is 72.2 Å². The first-order valence-corrected chi connectivity index (χ1v) is 12.6. The Kier molecular flexibility index (Phi) is 6.13. The fourth-order valence-corrected chi connectivity index (χ4v) is 5.84. The maximum absolute atomic E-state index is 12.9. The average Bonchev–Trinajstić information content (AvgIpc) is 3.21. The number of aromatic nitrogens is 2. The molecule has 2 aliphatic heterocycles. The van der Waals surface area contributed by atoms with Crippen molar-refractivity contribution < 1.29 is 13.2 Å². The molecule has 3 N–H and O–H groups in total. The number of hydrogen-bond donors (Lipinski definition) is 2. The number of nitrogens with zero attached hydrogens (tertiary/aromatic N) is 3. The number of nitrogens with one attached hydrogen (secondary N) is 1. The van der Waals surface area contributed by atoms with Crippen LogP contribution in [0, 0.1) is 11.8 Å². The van der Waals surface area contributed by atoms with E-state index in [1.165, 1.54) is 6.26 Å². The Balaban J connectivity index is 1.26. The van der Waals surface area contributed by atoms with Crippen LogP contribution in [0.2, 0.25) is 0 Å². The number of carbonyl (C=O) groups is 1. The van der Waals surface area contributed by atoms with E-state index in [4.69, 9.17) is 5.73 Å². The Morgan fingerprint density at radius 1 is 1.17 bits per heavy atom. The highest BCUT2D eigenvalue weighted by Gasteiger charge is 2.33. The summed E-state index contributed by atoms with van der Waals surface area (Å²) in [5.41, 5.74) is 8.27. The van der Waals surface area contributed by atoms with Gasteiger partial charge in [0.15, 0.2) is 0 Å². The highest BCUT2D eigenvalue weighted by Crippen LogP contribution is 2.33. The monoisotopic (exact) mass is 433 g/mol. The van der Waals surface area contributed by atoms with Crippen molar-refractivity contribution in [2.45, 2.75) is 38.1 Å². The third kappa shape index (κ3) is 4.68. The molecule has 4 rings (SSSR count). The molecule has 0 aliphatic carbocycles. The minimum atomic E-state index is -3.08. The number of nitrogens with two attached hydrogens (primary N) is 1. The third-order valence-electron chi connectivity index (χ3n) is 6.76. The number of aromatic amines is 1. The van der Waals surface area contributed by atoms with E-state index in [0.717, 1.165) is 55.2 Å². The highest BCUT2D eigenvalue weighted by atomic mass is 32.2. The Bertz CT molecular complexity index is 989. The Hall–Kier alpha value is -1.97. The molecule has 2 aromatic rings. The van der Waals surface area contributed by atoms with Gasteiger partial charge in [-0.1, -0.05) is 6.07 Å². The smallest absolute Gasteiger partial charge is 0.239 e. The predicted octanol–water partition coefficient (Wildman–Crippen LogP) is 1.34.